The van der Waals surface area contributed by atoms with Gasteiger partial charge in [-0.05, 0) is 53.6 Å². The van der Waals surface area contributed by atoms with Gasteiger partial charge in [0.25, 0.3) is 5.91 Å². The van der Waals surface area contributed by atoms with Crippen molar-refractivity contribution in [3.8, 4) is 0 Å². The third kappa shape index (κ3) is 7.03. The predicted octanol–water partition coefficient (Wildman–Crippen LogP) is 7.44. The van der Waals surface area contributed by atoms with Gasteiger partial charge in [-0.1, -0.05) is 97.2 Å². The maximum Gasteiger partial charge on any atom is 0.258 e. The second kappa shape index (κ2) is 14.1. The van der Waals surface area contributed by atoms with Crippen molar-refractivity contribution in [3.05, 3.63) is 112 Å². The minimum absolute atomic E-state index is 0.0517. The highest BCUT2D eigenvalue weighted by Crippen LogP contribution is 2.37. The summed E-state index contributed by atoms with van der Waals surface area (Å²) < 4.78 is 0. The Bertz CT molecular complexity index is 1620. The Morgan fingerprint density at radius 1 is 0.884 bits per heavy atom. The van der Waals surface area contributed by atoms with E-state index in [9.17, 15) is 14.4 Å². The summed E-state index contributed by atoms with van der Waals surface area (Å²) in [7, 11) is 0. The Hall–Kier alpha value is -3.87. The lowest BCUT2D eigenvalue weighted by Gasteiger charge is -2.32. The Labute approximate surface area is 262 Å². The minimum atomic E-state index is -0.729. The summed E-state index contributed by atoms with van der Waals surface area (Å²) >= 11 is 12.5. The lowest BCUT2D eigenvalue weighted by Crippen LogP contribution is -2.50. The molecule has 1 atom stereocenters. The SMILES string of the molecule is CCCCNC(=O)[C@H](Cc1ccccc1)N(Cc1ccc(Cl)c(Cl)c1)C(=O)CCCN1C(=O)c2cccc3cccc1c23. The summed E-state index contributed by atoms with van der Waals surface area (Å²) in [4.78, 5) is 44.3. The minimum Gasteiger partial charge on any atom is -0.354 e. The lowest BCUT2D eigenvalue weighted by atomic mass is 10.0. The molecule has 1 aliphatic heterocycles. The van der Waals surface area contributed by atoms with Gasteiger partial charge >= 0.3 is 0 Å². The molecule has 0 fully saturated rings. The van der Waals surface area contributed by atoms with Gasteiger partial charge in [0.1, 0.15) is 6.04 Å². The van der Waals surface area contributed by atoms with E-state index in [-0.39, 0.29) is 30.7 Å². The first-order chi connectivity index (χ1) is 20.9. The fourth-order valence-corrected chi connectivity index (χ4v) is 5.95. The highest BCUT2D eigenvalue weighted by molar-refractivity contribution is 6.42. The zero-order valence-electron chi connectivity index (χ0n) is 24.2. The summed E-state index contributed by atoms with van der Waals surface area (Å²) in [5.74, 6) is -0.410. The van der Waals surface area contributed by atoms with Crippen LogP contribution in [0.3, 0.4) is 0 Å². The molecule has 4 aromatic rings. The van der Waals surface area contributed by atoms with Crippen LogP contribution < -0.4 is 10.2 Å². The molecule has 8 heteroatoms. The third-order valence-corrected chi connectivity index (χ3v) is 8.60. The lowest BCUT2D eigenvalue weighted by molar-refractivity contribution is -0.141. The molecule has 1 heterocycles. The van der Waals surface area contributed by atoms with Crippen LogP contribution in [0.5, 0.6) is 0 Å². The van der Waals surface area contributed by atoms with Crippen molar-refractivity contribution in [2.75, 3.05) is 18.0 Å². The largest absolute Gasteiger partial charge is 0.354 e. The number of amides is 3. The number of hydrogen-bond acceptors (Lipinski definition) is 3. The first kappa shape index (κ1) is 30.6. The summed E-state index contributed by atoms with van der Waals surface area (Å²) in [5, 5.41) is 5.83. The van der Waals surface area contributed by atoms with E-state index in [1.165, 1.54) is 0 Å². The van der Waals surface area contributed by atoms with E-state index in [4.69, 9.17) is 23.2 Å². The second-order valence-corrected chi connectivity index (χ2v) is 11.7. The molecule has 0 saturated heterocycles. The van der Waals surface area contributed by atoms with Gasteiger partial charge in [-0.25, -0.2) is 0 Å². The Morgan fingerprint density at radius 3 is 2.40 bits per heavy atom. The predicted molar refractivity (Wildman–Crippen MR) is 174 cm³/mol. The van der Waals surface area contributed by atoms with Gasteiger partial charge in [0.2, 0.25) is 11.8 Å². The number of halogens is 2. The van der Waals surface area contributed by atoms with Gasteiger partial charge in [0, 0.05) is 43.4 Å². The molecule has 0 saturated carbocycles. The van der Waals surface area contributed by atoms with E-state index >= 15 is 0 Å². The fraction of sp³-hybridized carbons (Fsp3) is 0.286. The first-order valence-corrected chi connectivity index (χ1v) is 15.5. The molecule has 3 amide bonds. The molecular weight excluding hydrogens is 581 g/mol. The van der Waals surface area contributed by atoms with Crippen molar-refractivity contribution in [1.29, 1.82) is 0 Å². The van der Waals surface area contributed by atoms with Gasteiger partial charge < -0.3 is 15.1 Å². The molecule has 0 radical (unpaired) electrons. The molecule has 0 unspecified atom stereocenters. The molecule has 0 aromatic heterocycles. The van der Waals surface area contributed by atoms with E-state index < -0.39 is 6.04 Å². The molecule has 4 aromatic carbocycles. The van der Waals surface area contributed by atoms with Gasteiger partial charge in [0.05, 0.1) is 15.7 Å². The number of benzene rings is 4. The normalized spacial score (nSPS) is 12.9. The smallest absolute Gasteiger partial charge is 0.258 e. The molecule has 0 spiro atoms. The monoisotopic (exact) mass is 615 g/mol. The highest BCUT2D eigenvalue weighted by Gasteiger charge is 2.32. The van der Waals surface area contributed by atoms with Gasteiger partial charge in [-0.3, -0.25) is 14.4 Å². The number of hydrogen-bond donors (Lipinski definition) is 1. The van der Waals surface area contributed by atoms with Crippen LogP contribution in [0.4, 0.5) is 5.69 Å². The zero-order chi connectivity index (χ0) is 30.3. The zero-order valence-corrected chi connectivity index (χ0v) is 25.7. The maximum absolute atomic E-state index is 14.0. The third-order valence-electron chi connectivity index (χ3n) is 7.86. The van der Waals surface area contributed by atoms with E-state index in [0.29, 0.717) is 41.5 Å². The average molecular weight is 617 g/mol. The van der Waals surface area contributed by atoms with E-state index in [1.54, 1.807) is 21.9 Å². The van der Waals surface area contributed by atoms with Crippen LogP contribution in [-0.2, 0) is 22.6 Å². The highest BCUT2D eigenvalue weighted by atomic mass is 35.5. The number of rotatable bonds is 13. The Morgan fingerprint density at radius 2 is 1.65 bits per heavy atom. The van der Waals surface area contributed by atoms with Crippen LogP contribution in [0.15, 0.2) is 84.9 Å². The number of nitrogens with one attached hydrogen (secondary N) is 1. The van der Waals surface area contributed by atoms with Crippen molar-refractivity contribution >= 4 is 57.4 Å². The van der Waals surface area contributed by atoms with Gasteiger partial charge in [0.15, 0.2) is 0 Å². The van der Waals surface area contributed by atoms with E-state index in [2.05, 4.69) is 12.2 Å². The number of anilines is 1. The molecular formula is C35H35Cl2N3O3. The van der Waals surface area contributed by atoms with Crippen molar-refractivity contribution in [3.63, 3.8) is 0 Å². The standard InChI is InChI=1S/C35H35Cl2N3O3/c1-2-3-19-38-34(42)31(22-24-10-5-4-6-11-24)40(23-25-17-18-28(36)29(37)21-25)32(41)16-9-20-39-30-15-8-13-26-12-7-14-27(33(26)30)35(39)43/h4-8,10-15,17-18,21,31H,2-3,9,16,19-20,22-23H2,1H3,(H,38,42)/t31-/m0/s1. The van der Waals surface area contributed by atoms with Gasteiger partial charge in [-0.15, -0.1) is 0 Å². The van der Waals surface area contributed by atoms with Crippen LogP contribution in [-0.4, -0.2) is 41.8 Å². The van der Waals surface area contributed by atoms with Crippen molar-refractivity contribution < 1.29 is 14.4 Å². The van der Waals surface area contributed by atoms with Crippen LogP contribution in [0.2, 0.25) is 10.0 Å². The Balaban J connectivity index is 1.38. The number of carbonyl (C=O) groups is 3. The number of carbonyl (C=O) groups excluding carboxylic acids is 3. The molecule has 43 heavy (non-hydrogen) atoms. The molecule has 1 N–H and O–H groups in total. The summed E-state index contributed by atoms with van der Waals surface area (Å²) in [6.45, 7) is 3.20. The first-order valence-electron chi connectivity index (χ1n) is 14.8. The fourth-order valence-electron chi connectivity index (χ4n) is 5.63. The summed E-state index contributed by atoms with van der Waals surface area (Å²) in [6.07, 6.45) is 2.78. The summed E-state index contributed by atoms with van der Waals surface area (Å²) in [5.41, 5.74) is 3.29. The molecule has 6 nitrogen and oxygen atoms in total. The van der Waals surface area contributed by atoms with Crippen LogP contribution in [0.25, 0.3) is 10.8 Å². The molecule has 1 aliphatic rings. The van der Waals surface area contributed by atoms with E-state index in [1.807, 2.05) is 72.8 Å². The van der Waals surface area contributed by atoms with Crippen LogP contribution in [0, 0.1) is 0 Å². The van der Waals surface area contributed by atoms with Crippen molar-refractivity contribution in [1.82, 2.24) is 10.2 Å². The average Bonchev–Trinajstić information content (AvgIpc) is 3.29. The van der Waals surface area contributed by atoms with Gasteiger partial charge in [-0.2, -0.15) is 0 Å². The van der Waals surface area contributed by atoms with E-state index in [0.717, 1.165) is 40.4 Å². The maximum atomic E-state index is 14.0. The summed E-state index contributed by atoms with van der Waals surface area (Å²) in [6, 6.07) is 25.9. The van der Waals surface area contributed by atoms with Crippen molar-refractivity contribution in [2.24, 2.45) is 0 Å². The number of nitrogens with zero attached hydrogens (tertiary/aromatic N) is 2. The molecule has 5 rings (SSSR count). The van der Waals surface area contributed by atoms with Crippen LogP contribution in [0.1, 0.15) is 54.1 Å². The van der Waals surface area contributed by atoms with Crippen molar-refractivity contribution in [2.45, 2.75) is 51.6 Å². The molecule has 222 valence electrons. The number of unbranched alkanes of at least 4 members (excludes halogenated alkanes) is 1. The molecule has 0 aliphatic carbocycles. The topological polar surface area (TPSA) is 69.7 Å². The Kier molecular flexibility index (Phi) is 10.0. The van der Waals surface area contributed by atoms with Crippen LogP contribution >= 0.6 is 23.2 Å². The second-order valence-electron chi connectivity index (χ2n) is 10.9. The molecule has 0 bridgehead atoms. The quantitative estimate of drug-likeness (QED) is 0.159.